The van der Waals surface area contributed by atoms with E-state index in [1.807, 2.05) is 42.7 Å². The zero-order valence-electron chi connectivity index (χ0n) is 16.6. The van der Waals surface area contributed by atoms with E-state index in [1.54, 1.807) is 4.31 Å². The molecule has 0 amide bonds. The fourth-order valence-electron chi connectivity index (χ4n) is 4.30. The molecule has 4 aromatic rings. The minimum absolute atomic E-state index is 0.0732. The summed E-state index contributed by atoms with van der Waals surface area (Å²) in [7, 11) is -3.28. The van der Waals surface area contributed by atoms with E-state index in [1.165, 1.54) is 10.9 Å². The first kappa shape index (κ1) is 19.1. The third kappa shape index (κ3) is 3.78. The van der Waals surface area contributed by atoms with E-state index >= 15 is 0 Å². The molecule has 0 aliphatic carbocycles. The number of aromatic amines is 1. The predicted molar refractivity (Wildman–Crippen MR) is 118 cm³/mol. The summed E-state index contributed by atoms with van der Waals surface area (Å²) in [4.78, 5) is 0. The van der Waals surface area contributed by atoms with Crippen molar-refractivity contribution in [2.24, 2.45) is 5.92 Å². The van der Waals surface area contributed by atoms with E-state index in [4.69, 9.17) is 0 Å². The average molecular weight is 421 g/mol. The number of sulfonamides is 1. The second-order valence-electron chi connectivity index (χ2n) is 7.98. The van der Waals surface area contributed by atoms with Crippen LogP contribution in [0.25, 0.3) is 22.0 Å². The van der Waals surface area contributed by atoms with E-state index < -0.39 is 10.0 Å². The van der Waals surface area contributed by atoms with Gasteiger partial charge in [0.2, 0.25) is 10.0 Å². The van der Waals surface area contributed by atoms with Crippen LogP contribution in [0.15, 0.2) is 73.2 Å². The fourth-order valence-corrected chi connectivity index (χ4v) is 5.92. The molecule has 7 heteroatoms. The van der Waals surface area contributed by atoms with Crippen molar-refractivity contribution in [3.8, 4) is 11.1 Å². The standard InChI is InChI=1S/C23H24N4O2S/c28-30(29,17-18-4-2-1-3-5-18)27-11-8-19(16-27)15-26-10-9-21-12-20(6-7-23(21)26)22-13-24-25-14-22/h1-7,9-10,12-14,19H,8,11,15-17H2,(H,24,25). The van der Waals surface area contributed by atoms with E-state index in [-0.39, 0.29) is 5.75 Å². The Morgan fingerprint density at radius 2 is 1.93 bits per heavy atom. The van der Waals surface area contributed by atoms with Gasteiger partial charge in [0.05, 0.1) is 11.9 Å². The van der Waals surface area contributed by atoms with Gasteiger partial charge in [-0.3, -0.25) is 5.10 Å². The molecule has 30 heavy (non-hydrogen) atoms. The smallest absolute Gasteiger partial charge is 0.218 e. The van der Waals surface area contributed by atoms with Crippen LogP contribution in [-0.4, -0.2) is 40.6 Å². The maximum absolute atomic E-state index is 12.8. The van der Waals surface area contributed by atoms with Crippen molar-refractivity contribution in [3.63, 3.8) is 0 Å². The Balaban J connectivity index is 1.28. The van der Waals surface area contributed by atoms with Crippen LogP contribution in [0.2, 0.25) is 0 Å². The van der Waals surface area contributed by atoms with Crippen molar-refractivity contribution in [2.75, 3.05) is 13.1 Å². The maximum Gasteiger partial charge on any atom is 0.218 e. The number of rotatable bonds is 6. The van der Waals surface area contributed by atoms with Gasteiger partial charge in [-0.15, -0.1) is 0 Å². The number of H-pyrrole nitrogens is 1. The molecule has 1 saturated heterocycles. The molecule has 3 heterocycles. The van der Waals surface area contributed by atoms with Crippen LogP contribution in [0.4, 0.5) is 0 Å². The maximum atomic E-state index is 12.8. The van der Waals surface area contributed by atoms with Crippen LogP contribution < -0.4 is 0 Å². The number of fused-ring (bicyclic) bond motifs is 1. The van der Waals surface area contributed by atoms with Crippen LogP contribution >= 0.6 is 0 Å². The molecule has 2 aromatic carbocycles. The van der Waals surface area contributed by atoms with Gasteiger partial charge in [-0.2, -0.15) is 5.10 Å². The SMILES string of the molecule is O=S(=O)(Cc1ccccc1)N1CCC(Cn2ccc3cc(-c4cn[nH]c4)ccc32)C1. The number of benzene rings is 2. The summed E-state index contributed by atoms with van der Waals surface area (Å²) < 4.78 is 29.6. The third-order valence-electron chi connectivity index (χ3n) is 5.89. The monoisotopic (exact) mass is 420 g/mol. The van der Waals surface area contributed by atoms with Crippen LogP contribution in [0.5, 0.6) is 0 Å². The summed E-state index contributed by atoms with van der Waals surface area (Å²) in [6.45, 7) is 2.01. The molecule has 6 nitrogen and oxygen atoms in total. The summed E-state index contributed by atoms with van der Waals surface area (Å²) in [6, 6.07) is 17.9. The molecule has 2 aromatic heterocycles. The molecule has 1 aliphatic rings. The summed E-state index contributed by atoms with van der Waals surface area (Å²) >= 11 is 0. The van der Waals surface area contributed by atoms with Gasteiger partial charge in [0, 0.05) is 48.5 Å². The summed E-state index contributed by atoms with van der Waals surface area (Å²) in [5.41, 5.74) is 4.21. The van der Waals surface area contributed by atoms with Gasteiger partial charge in [0.25, 0.3) is 0 Å². The second-order valence-corrected chi connectivity index (χ2v) is 9.95. The molecule has 1 atom stereocenters. The van der Waals surface area contributed by atoms with Crippen molar-refractivity contribution < 1.29 is 8.42 Å². The molecule has 0 spiro atoms. The molecule has 0 saturated carbocycles. The number of hydrogen-bond acceptors (Lipinski definition) is 3. The highest BCUT2D eigenvalue weighted by molar-refractivity contribution is 7.88. The summed E-state index contributed by atoms with van der Waals surface area (Å²) in [5, 5.41) is 8.05. The van der Waals surface area contributed by atoms with Crippen molar-refractivity contribution in [1.82, 2.24) is 19.1 Å². The molecule has 1 unspecified atom stereocenters. The minimum Gasteiger partial charge on any atom is -0.347 e. The molecule has 1 N–H and O–H groups in total. The number of nitrogens with zero attached hydrogens (tertiary/aromatic N) is 3. The lowest BCUT2D eigenvalue weighted by Crippen LogP contribution is -2.30. The number of hydrogen-bond donors (Lipinski definition) is 1. The van der Waals surface area contributed by atoms with Crippen molar-refractivity contribution in [3.05, 3.63) is 78.8 Å². The quantitative estimate of drug-likeness (QED) is 0.515. The predicted octanol–water partition coefficient (Wildman–Crippen LogP) is 3.88. The van der Waals surface area contributed by atoms with Gasteiger partial charge in [0.1, 0.15) is 0 Å². The first-order chi connectivity index (χ1) is 14.6. The van der Waals surface area contributed by atoms with E-state index in [0.29, 0.717) is 19.0 Å². The molecule has 1 fully saturated rings. The zero-order valence-corrected chi connectivity index (χ0v) is 17.4. The third-order valence-corrected chi connectivity index (χ3v) is 7.71. The second kappa shape index (κ2) is 7.74. The molecular formula is C23H24N4O2S. The van der Waals surface area contributed by atoms with Crippen LogP contribution in [0, 0.1) is 5.92 Å². The van der Waals surface area contributed by atoms with Gasteiger partial charge >= 0.3 is 0 Å². The van der Waals surface area contributed by atoms with Gasteiger partial charge in [-0.1, -0.05) is 36.4 Å². The lowest BCUT2D eigenvalue weighted by atomic mass is 10.1. The van der Waals surface area contributed by atoms with Gasteiger partial charge in [-0.25, -0.2) is 12.7 Å². The molecule has 1 aliphatic heterocycles. The van der Waals surface area contributed by atoms with Gasteiger partial charge in [0.15, 0.2) is 0 Å². The van der Waals surface area contributed by atoms with E-state index in [0.717, 1.165) is 29.7 Å². The Labute approximate surface area is 176 Å². The molecule has 0 bridgehead atoms. The minimum atomic E-state index is -3.28. The Kier molecular flexibility index (Phi) is 4.92. The summed E-state index contributed by atoms with van der Waals surface area (Å²) in [5.74, 6) is 0.392. The topological polar surface area (TPSA) is 71.0 Å². The van der Waals surface area contributed by atoms with E-state index in [2.05, 4.69) is 45.2 Å². The molecule has 154 valence electrons. The zero-order chi connectivity index (χ0) is 20.6. The van der Waals surface area contributed by atoms with Crippen molar-refractivity contribution in [2.45, 2.75) is 18.7 Å². The lowest BCUT2D eigenvalue weighted by molar-refractivity contribution is 0.432. The number of nitrogens with one attached hydrogen (secondary N) is 1. The van der Waals surface area contributed by atoms with E-state index in [9.17, 15) is 8.42 Å². The lowest BCUT2D eigenvalue weighted by Gasteiger charge is -2.17. The molecule has 0 radical (unpaired) electrons. The van der Waals surface area contributed by atoms with Gasteiger partial charge in [-0.05, 0) is 41.7 Å². The highest BCUT2D eigenvalue weighted by Crippen LogP contribution is 2.28. The van der Waals surface area contributed by atoms with Crippen LogP contribution in [0.1, 0.15) is 12.0 Å². The van der Waals surface area contributed by atoms with Crippen LogP contribution in [-0.2, 0) is 22.3 Å². The van der Waals surface area contributed by atoms with Crippen LogP contribution in [0.3, 0.4) is 0 Å². The number of aromatic nitrogens is 3. The Morgan fingerprint density at radius 3 is 2.73 bits per heavy atom. The fraction of sp³-hybridized carbons (Fsp3) is 0.261. The first-order valence-corrected chi connectivity index (χ1v) is 11.8. The summed E-state index contributed by atoms with van der Waals surface area (Å²) in [6.07, 6.45) is 6.70. The Morgan fingerprint density at radius 1 is 1.07 bits per heavy atom. The van der Waals surface area contributed by atoms with Crippen molar-refractivity contribution >= 4 is 20.9 Å². The average Bonchev–Trinajstić information content (AvgIpc) is 3.50. The van der Waals surface area contributed by atoms with Crippen molar-refractivity contribution in [1.29, 1.82) is 0 Å². The Hall–Kier alpha value is -2.90. The molecular weight excluding hydrogens is 396 g/mol. The highest BCUT2D eigenvalue weighted by atomic mass is 32.2. The normalized spacial score (nSPS) is 17.7. The Bertz CT molecular complexity index is 1250. The largest absolute Gasteiger partial charge is 0.347 e. The first-order valence-electron chi connectivity index (χ1n) is 10.2. The highest BCUT2D eigenvalue weighted by Gasteiger charge is 2.31. The van der Waals surface area contributed by atoms with Gasteiger partial charge < -0.3 is 4.57 Å². The molecule has 5 rings (SSSR count).